The van der Waals surface area contributed by atoms with Crippen molar-refractivity contribution in [3.05, 3.63) is 45.6 Å². The maximum Gasteiger partial charge on any atom is 0.341 e. The molecular weight excluding hydrogens is 423 g/mol. The summed E-state index contributed by atoms with van der Waals surface area (Å²) >= 11 is 1.22. The van der Waals surface area contributed by atoms with Crippen molar-refractivity contribution < 1.29 is 32.3 Å². The molecule has 7 nitrogen and oxygen atoms in total. The van der Waals surface area contributed by atoms with Gasteiger partial charge in [-0.05, 0) is 38.6 Å². The van der Waals surface area contributed by atoms with Gasteiger partial charge in [-0.25, -0.2) is 18.0 Å². The van der Waals surface area contributed by atoms with Crippen LogP contribution in [0.1, 0.15) is 20.8 Å². The van der Waals surface area contributed by atoms with Crippen LogP contribution in [0.15, 0.2) is 12.1 Å². The van der Waals surface area contributed by atoms with E-state index in [0.717, 1.165) is 10.9 Å². The highest BCUT2D eigenvalue weighted by Crippen LogP contribution is 2.32. The number of carbonyl (C=O) groups is 3. The molecule has 0 aliphatic carbocycles. The second-order valence-electron chi connectivity index (χ2n) is 6.47. The van der Waals surface area contributed by atoms with Crippen LogP contribution in [-0.4, -0.2) is 49.9 Å². The number of benzene rings is 1. The van der Waals surface area contributed by atoms with Crippen molar-refractivity contribution in [1.29, 1.82) is 0 Å². The van der Waals surface area contributed by atoms with Crippen molar-refractivity contribution in [2.45, 2.75) is 13.8 Å². The lowest BCUT2D eigenvalue weighted by Crippen LogP contribution is -2.36. The Morgan fingerprint density at radius 1 is 1.03 bits per heavy atom. The molecule has 0 unspecified atom stereocenters. The van der Waals surface area contributed by atoms with Crippen LogP contribution in [0, 0.1) is 31.3 Å². The van der Waals surface area contributed by atoms with Crippen molar-refractivity contribution in [2.24, 2.45) is 0 Å². The number of rotatable bonds is 7. The maximum absolute atomic E-state index is 13.6. The van der Waals surface area contributed by atoms with Crippen LogP contribution in [-0.2, 0) is 14.3 Å². The predicted octanol–water partition coefficient (Wildman–Crippen LogP) is 3.08. The van der Waals surface area contributed by atoms with E-state index in [1.165, 1.54) is 30.4 Å². The fourth-order valence-corrected chi connectivity index (χ4v) is 3.65. The van der Waals surface area contributed by atoms with Crippen LogP contribution in [0.25, 0.3) is 0 Å². The first kappa shape index (κ1) is 23.4. The second-order valence-corrected chi connectivity index (χ2v) is 7.70. The number of carbonyl (C=O) groups excluding carboxylic acids is 3. The van der Waals surface area contributed by atoms with E-state index in [1.807, 2.05) is 0 Å². The van der Waals surface area contributed by atoms with E-state index < -0.39 is 40.9 Å². The van der Waals surface area contributed by atoms with Gasteiger partial charge in [0.25, 0.3) is 0 Å². The normalized spacial score (nSPS) is 10.8. The molecule has 2 amide bonds. The number of halogens is 3. The van der Waals surface area contributed by atoms with E-state index in [9.17, 15) is 27.6 Å². The molecule has 162 valence electrons. The smallest absolute Gasteiger partial charge is 0.341 e. The average molecular weight is 443 g/mol. The first-order valence-corrected chi connectivity index (χ1v) is 9.46. The van der Waals surface area contributed by atoms with Gasteiger partial charge in [0.2, 0.25) is 11.8 Å². The highest BCUT2D eigenvalue weighted by molar-refractivity contribution is 7.16. The minimum atomic E-state index is -1.69. The molecule has 0 radical (unpaired) electrons. The van der Waals surface area contributed by atoms with Gasteiger partial charge >= 0.3 is 5.97 Å². The zero-order chi connectivity index (χ0) is 22.6. The number of aryl methyl sites for hydroxylation is 1. The van der Waals surface area contributed by atoms with Gasteiger partial charge in [-0.3, -0.25) is 14.5 Å². The minimum absolute atomic E-state index is 0.218. The van der Waals surface area contributed by atoms with Gasteiger partial charge in [-0.1, -0.05) is 0 Å². The summed E-state index contributed by atoms with van der Waals surface area (Å²) in [7, 11) is 2.70. The molecule has 1 heterocycles. The Labute approximate surface area is 174 Å². The molecule has 1 aromatic heterocycles. The van der Waals surface area contributed by atoms with Gasteiger partial charge in [0.05, 0.1) is 31.5 Å². The van der Waals surface area contributed by atoms with Crippen molar-refractivity contribution >= 4 is 39.8 Å². The zero-order valence-corrected chi connectivity index (χ0v) is 17.5. The lowest BCUT2D eigenvalue weighted by molar-refractivity contribution is -0.119. The van der Waals surface area contributed by atoms with Crippen LogP contribution in [0.4, 0.5) is 23.9 Å². The van der Waals surface area contributed by atoms with Gasteiger partial charge < -0.3 is 15.4 Å². The van der Waals surface area contributed by atoms with Gasteiger partial charge in [-0.15, -0.1) is 11.3 Å². The predicted molar refractivity (Wildman–Crippen MR) is 106 cm³/mol. The number of ether oxygens (including phenoxy) is 1. The average Bonchev–Trinajstić information content (AvgIpc) is 2.94. The van der Waals surface area contributed by atoms with E-state index >= 15 is 0 Å². The maximum atomic E-state index is 13.6. The first-order valence-electron chi connectivity index (χ1n) is 8.65. The quantitative estimate of drug-likeness (QED) is 0.507. The Morgan fingerprint density at radius 2 is 1.63 bits per heavy atom. The van der Waals surface area contributed by atoms with Gasteiger partial charge in [-0.2, -0.15) is 0 Å². The number of thiophene rings is 1. The second kappa shape index (κ2) is 9.72. The van der Waals surface area contributed by atoms with Crippen LogP contribution < -0.4 is 10.6 Å². The summed E-state index contributed by atoms with van der Waals surface area (Å²) in [6, 6.07) is 1.59. The number of anilines is 2. The number of hydrogen-bond donors (Lipinski definition) is 2. The third kappa shape index (κ3) is 5.36. The Bertz CT molecular complexity index is 994. The molecule has 0 bridgehead atoms. The summed E-state index contributed by atoms with van der Waals surface area (Å²) in [6.45, 7) is 3.00. The molecule has 2 aromatic rings. The molecule has 2 N–H and O–H groups in total. The van der Waals surface area contributed by atoms with E-state index in [2.05, 4.69) is 10.6 Å². The molecular formula is C19H20F3N3O4S. The van der Waals surface area contributed by atoms with Crippen LogP contribution in [0.3, 0.4) is 0 Å². The van der Waals surface area contributed by atoms with E-state index in [0.29, 0.717) is 16.6 Å². The SMILES string of the molecule is COC(=O)c1c(NC(=O)CN(C)CC(=O)Nc2ccc(F)c(F)c2F)sc(C)c1C. The fourth-order valence-electron chi connectivity index (χ4n) is 2.59. The van der Waals surface area contributed by atoms with Crippen molar-refractivity contribution in [3.63, 3.8) is 0 Å². The third-order valence-electron chi connectivity index (χ3n) is 4.16. The number of nitrogens with zero attached hydrogens (tertiary/aromatic N) is 1. The molecule has 30 heavy (non-hydrogen) atoms. The van der Waals surface area contributed by atoms with Gasteiger partial charge in [0.15, 0.2) is 17.5 Å². The van der Waals surface area contributed by atoms with Crippen molar-refractivity contribution in [3.8, 4) is 0 Å². The summed E-state index contributed by atoms with van der Waals surface area (Å²) in [5.74, 6) is -6.37. The lowest BCUT2D eigenvalue weighted by atomic mass is 10.1. The Kier molecular flexibility index (Phi) is 7.57. The monoisotopic (exact) mass is 443 g/mol. The number of amides is 2. The third-order valence-corrected chi connectivity index (χ3v) is 5.29. The number of methoxy groups -OCH3 is 1. The fraction of sp³-hybridized carbons (Fsp3) is 0.316. The summed E-state index contributed by atoms with van der Waals surface area (Å²) in [5.41, 5.74) is 0.454. The van der Waals surface area contributed by atoms with Crippen LogP contribution in [0.2, 0.25) is 0 Å². The summed E-state index contributed by atoms with van der Waals surface area (Å²) in [6.07, 6.45) is 0. The van der Waals surface area contributed by atoms with Crippen molar-refractivity contribution in [2.75, 3.05) is 37.9 Å². The van der Waals surface area contributed by atoms with Crippen LogP contribution in [0.5, 0.6) is 0 Å². The molecule has 0 aliphatic rings. The number of hydrogen-bond acceptors (Lipinski definition) is 6. The van der Waals surface area contributed by atoms with Crippen LogP contribution >= 0.6 is 11.3 Å². The molecule has 0 saturated heterocycles. The number of likely N-dealkylation sites (N-methyl/N-ethyl adjacent to an activating group) is 1. The van der Waals surface area contributed by atoms with Gasteiger partial charge in [0.1, 0.15) is 5.00 Å². The summed E-state index contributed by atoms with van der Waals surface area (Å²) in [5, 5.41) is 5.08. The number of nitrogens with one attached hydrogen (secondary N) is 2. The standard InChI is InChI=1S/C19H20F3N3O4S/c1-9-10(2)30-18(15(9)19(28)29-4)24-14(27)8-25(3)7-13(26)23-12-6-5-11(20)16(21)17(12)22/h5-6H,7-8H2,1-4H3,(H,23,26)(H,24,27). The summed E-state index contributed by atoms with van der Waals surface area (Å²) in [4.78, 5) is 38.4. The van der Waals surface area contributed by atoms with Crippen molar-refractivity contribution in [1.82, 2.24) is 4.90 Å². The van der Waals surface area contributed by atoms with E-state index in [1.54, 1.807) is 13.8 Å². The Hall–Kier alpha value is -2.92. The molecule has 11 heteroatoms. The minimum Gasteiger partial charge on any atom is -0.465 e. The molecule has 0 spiro atoms. The molecule has 1 aromatic carbocycles. The molecule has 0 saturated carbocycles. The molecule has 2 rings (SSSR count). The largest absolute Gasteiger partial charge is 0.465 e. The zero-order valence-electron chi connectivity index (χ0n) is 16.7. The lowest BCUT2D eigenvalue weighted by Gasteiger charge is -2.16. The highest BCUT2D eigenvalue weighted by atomic mass is 32.1. The molecule has 0 fully saturated rings. The Morgan fingerprint density at radius 3 is 2.23 bits per heavy atom. The summed E-state index contributed by atoms with van der Waals surface area (Å²) < 4.78 is 44.6. The highest BCUT2D eigenvalue weighted by Gasteiger charge is 2.22. The molecule has 0 aliphatic heterocycles. The van der Waals surface area contributed by atoms with Gasteiger partial charge in [0, 0.05) is 4.88 Å². The number of esters is 1. The molecule has 0 atom stereocenters. The Balaban J connectivity index is 1.97. The topological polar surface area (TPSA) is 87.7 Å². The van der Waals surface area contributed by atoms with E-state index in [4.69, 9.17) is 4.74 Å². The van der Waals surface area contributed by atoms with E-state index in [-0.39, 0.29) is 18.7 Å². The first-order chi connectivity index (χ1) is 14.0.